The number of fused-ring (bicyclic) bond motifs is 2. The summed E-state index contributed by atoms with van der Waals surface area (Å²) in [6.07, 6.45) is 3.32. The number of aromatic nitrogens is 3. The third-order valence-corrected chi connectivity index (χ3v) is 6.26. The van der Waals surface area contributed by atoms with Crippen molar-refractivity contribution in [1.82, 2.24) is 14.1 Å². The molecule has 2 aromatic carbocycles. The van der Waals surface area contributed by atoms with Gasteiger partial charge in [-0.1, -0.05) is 39.7 Å². The normalized spacial score (nSPS) is 14.4. The van der Waals surface area contributed by atoms with Gasteiger partial charge in [-0.25, -0.2) is 9.98 Å². The number of nitrogens with zero attached hydrogens (tertiary/aromatic N) is 4. The molecule has 4 aromatic rings. The van der Waals surface area contributed by atoms with E-state index in [1.54, 1.807) is 0 Å². The highest BCUT2D eigenvalue weighted by molar-refractivity contribution is 9.10. The van der Waals surface area contributed by atoms with Crippen molar-refractivity contribution in [2.45, 2.75) is 25.8 Å². The SMILES string of the molecule is Cn1c(-c2ccc(Cl)cc2)cc2c(=Nc3ccc(Br)cc3)n3c(nc21)CCCC3. The van der Waals surface area contributed by atoms with Gasteiger partial charge in [0.2, 0.25) is 0 Å². The summed E-state index contributed by atoms with van der Waals surface area (Å²) in [5, 5.41) is 1.81. The molecule has 4 nitrogen and oxygen atoms in total. The highest BCUT2D eigenvalue weighted by atomic mass is 79.9. The smallest absolute Gasteiger partial charge is 0.145 e. The average Bonchev–Trinajstić information content (AvgIpc) is 3.06. The monoisotopic (exact) mass is 466 g/mol. The molecular formula is C23H20BrClN4. The van der Waals surface area contributed by atoms with E-state index in [9.17, 15) is 0 Å². The third kappa shape index (κ3) is 3.43. The van der Waals surface area contributed by atoms with Crippen molar-refractivity contribution in [2.24, 2.45) is 12.0 Å². The van der Waals surface area contributed by atoms with Crippen LogP contribution in [0.4, 0.5) is 5.69 Å². The van der Waals surface area contributed by atoms with Gasteiger partial charge in [0.05, 0.1) is 16.8 Å². The molecule has 146 valence electrons. The molecule has 29 heavy (non-hydrogen) atoms. The summed E-state index contributed by atoms with van der Waals surface area (Å²) >= 11 is 9.59. The second-order valence-corrected chi connectivity index (χ2v) is 8.73. The zero-order valence-corrected chi connectivity index (χ0v) is 18.4. The van der Waals surface area contributed by atoms with Gasteiger partial charge in [-0.05, 0) is 60.9 Å². The second kappa shape index (κ2) is 7.47. The zero-order chi connectivity index (χ0) is 20.0. The predicted octanol–water partition coefficient (Wildman–Crippen LogP) is 6.03. The molecule has 1 aliphatic heterocycles. The Morgan fingerprint density at radius 2 is 1.79 bits per heavy atom. The first-order valence-electron chi connectivity index (χ1n) is 9.75. The zero-order valence-electron chi connectivity index (χ0n) is 16.1. The number of aryl methyl sites for hydroxylation is 2. The molecule has 0 saturated carbocycles. The lowest BCUT2D eigenvalue weighted by Gasteiger charge is -2.19. The Morgan fingerprint density at radius 3 is 2.55 bits per heavy atom. The Hall–Kier alpha value is -2.37. The van der Waals surface area contributed by atoms with E-state index >= 15 is 0 Å². The summed E-state index contributed by atoms with van der Waals surface area (Å²) in [6.45, 7) is 0.957. The Balaban J connectivity index is 1.81. The van der Waals surface area contributed by atoms with Crippen molar-refractivity contribution in [3.05, 3.63) is 75.4 Å². The van der Waals surface area contributed by atoms with Gasteiger partial charge in [0.15, 0.2) is 0 Å². The standard InChI is InChI=1S/C23H20BrClN4/c1-28-20(15-5-9-17(25)10-6-15)14-19-22(28)27-21-4-2-3-13-29(21)23(19)26-18-11-7-16(24)8-12-18/h5-12,14H,2-4,13H2,1H3. The van der Waals surface area contributed by atoms with Crippen LogP contribution in [0.15, 0.2) is 64.1 Å². The molecule has 0 aliphatic carbocycles. The van der Waals surface area contributed by atoms with E-state index in [4.69, 9.17) is 21.6 Å². The van der Waals surface area contributed by atoms with Crippen molar-refractivity contribution in [3.63, 3.8) is 0 Å². The molecule has 0 amide bonds. The van der Waals surface area contributed by atoms with Crippen molar-refractivity contribution in [2.75, 3.05) is 0 Å². The van der Waals surface area contributed by atoms with Gasteiger partial charge in [-0.15, -0.1) is 0 Å². The summed E-state index contributed by atoms with van der Waals surface area (Å²) in [6, 6.07) is 18.3. The maximum Gasteiger partial charge on any atom is 0.145 e. The summed E-state index contributed by atoms with van der Waals surface area (Å²) < 4.78 is 5.50. The van der Waals surface area contributed by atoms with Gasteiger partial charge in [0, 0.05) is 29.5 Å². The van der Waals surface area contributed by atoms with Crippen LogP contribution >= 0.6 is 27.5 Å². The first kappa shape index (κ1) is 18.6. The molecule has 5 rings (SSSR count). The molecule has 0 bridgehead atoms. The summed E-state index contributed by atoms with van der Waals surface area (Å²) in [4.78, 5) is 10.1. The molecule has 0 spiro atoms. The van der Waals surface area contributed by atoms with Crippen LogP contribution in [0.25, 0.3) is 22.3 Å². The van der Waals surface area contributed by atoms with Crippen LogP contribution in [0.2, 0.25) is 5.02 Å². The van der Waals surface area contributed by atoms with Crippen LogP contribution in [0, 0.1) is 0 Å². The quantitative estimate of drug-likeness (QED) is 0.355. The minimum absolute atomic E-state index is 0.739. The summed E-state index contributed by atoms with van der Waals surface area (Å²) in [5.74, 6) is 1.11. The fraction of sp³-hybridized carbons (Fsp3) is 0.217. The molecular weight excluding hydrogens is 448 g/mol. The van der Waals surface area contributed by atoms with Crippen LogP contribution in [0.5, 0.6) is 0 Å². The molecule has 3 heterocycles. The lowest BCUT2D eigenvalue weighted by molar-refractivity contribution is 0.496. The number of hydrogen-bond donors (Lipinski definition) is 0. The molecule has 0 radical (unpaired) electrons. The number of hydrogen-bond acceptors (Lipinski definition) is 2. The Kier molecular flexibility index (Phi) is 4.80. The van der Waals surface area contributed by atoms with Crippen LogP contribution in [0.1, 0.15) is 18.7 Å². The molecule has 0 unspecified atom stereocenters. The molecule has 1 aliphatic rings. The number of halogens is 2. The maximum absolute atomic E-state index is 6.09. The van der Waals surface area contributed by atoms with E-state index < -0.39 is 0 Å². The van der Waals surface area contributed by atoms with E-state index in [0.717, 1.165) is 68.2 Å². The molecule has 6 heteroatoms. The Labute approximate surface area is 182 Å². The fourth-order valence-corrected chi connectivity index (χ4v) is 4.37. The van der Waals surface area contributed by atoms with Crippen LogP contribution in [-0.4, -0.2) is 14.1 Å². The largest absolute Gasteiger partial charge is 0.328 e. The van der Waals surface area contributed by atoms with Crippen LogP contribution in [0.3, 0.4) is 0 Å². The first-order chi connectivity index (χ1) is 14.1. The van der Waals surface area contributed by atoms with Gasteiger partial charge in [-0.2, -0.15) is 0 Å². The van der Waals surface area contributed by atoms with E-state index in [0.29, 0.717) is 0 Å². The van der Waals surface area contributed by atoms with Gasteiger partial charge in [-0.3, -0.25) is 0 Å². The van der Waals surface area contributed by atoms with Gasteiger partial charge in [0.1, 0.15) is 17.0 Å². The molecule has 0 atom stereocenters. The van der Waals surface area contributed by atoms with Crippen molar-refractivity contribution in [3.8, 4) is 11.3 Å². The lowest BCUT2D eigenvalue weighted by atomic mass is 10.1. The molecule has 0 fully saturated rings. The predicted molar refractivity (Wildman–Crippen MR) is 121 cm³/mol. The minimum Gasteiger partial charge on any atom is -0.328 e. The second-order valence-electron chi connectivity index (χ2n) is 7.38. The van der Waals surface area contributed by atoms with Gasteiger partial charge < -0.3 is 9.13 Å². The topological polar surface area (TPSA) is 35.1 Å². The van der Waals surface area contributed by atoms with E-state index in [2.05, 4.69) is 50.3 Å². The average molecular weight is 468 g/mol. The van der Waals surface area contributed by atoms with Gasteiger partial charge in [0.25, 0.3) is 0 Å². The number of benzene rings is 2. The molecule has 0 saturated heterocycles. The first-order valence-corrected chi connectivity index (χ1v) is 10.9. The molecule has 2 aromatic heterocycles. The van der Waals surface area contributed by atoms with E-state index in [1.165, 1.54) is 6.42 Å². The fourth-order valence-electron chi connectivity index (χ4n) is 3.98. The summed E-state index contributed by atoms with van der Waals surface area (Å²) in [7, 11) is 2.07. The maximum atomic E-state index is 6.09. The van der Waals surface area contributed by atoms with E-state index in [1.807, 2.05) is 36.4 Å². The van der Waals surface area contributed by atoms with Crippen molar-refractivity contribution >= 4 is 44.3 Å². The van der Waals surface area contributed by atoms with Gasteiger partial charge >= 0.3 is 0 Å². The van der Waals surface area contributed by atoms with Crippen LogP contribution in [-0.2, 0) is 20.0 Å². The van der Waals surface area contributed by atoms with E-state index in [-0.39, 0.29) is 0 Å². The summed E-state index contributed by atoms with van der Waals surface area (Å²) in [5.41, 5.74) is 5.13. The molecule has 0 N–H and O–H groups in total. The van der Waals surface area contributed by atoms with Crippen molar-refractivity contribution in [1.29, 1.82) is 0 Å². The number of rotatable bonds is 2. The van der Waals surface area contributed by atoms with Crippen molar-refractivity contribution < 1.29 is 0 Å². The van der Waals surface area contributed by atoms with Crippen LogP contribution < -0.4 is 5.49 Å². The lowest BCUT2D eigenvalue weighted by Crippen LogP contribution is -2.29. The third-order valence-electron chi connectivity index (χ3n) is 5.48. The Morgan fingerprint density at radius 1 is 1.03 bits per heavy atom. The highest BCUT2D eigenvalue weighted by Crippen LogP contribution is 2.27. The Bertz CT molecular complexity index is 1270. The highest BCUT2D eigenvalue weighted by Gasteiger charge is 2.18. The minimum atomic E-state index is 0.739.